The molecule has 0 spiro atoms. The van der Waals surface area contributed by atoms with Crippen molar-refractivity contribution in [2.45, 2.75) is 39.9 Å². The van der Waals surface area contributed by atoms with E-state index in [2.05, 4.69) is 44.4 Å². The van der Waals surface area contributed by atoms with Crippen LogP contribution in [0, 0.1) is 17.1 Å². The van der Waals surface area contributed by atoms with Crippen LogP contribution in [0.4, 0.5) is 14.6 Å². The van der Waals surface area contributed by atoms with Crippen LogP contribution in [0.2, 0.25) is 0 Å². The van der Waals surface area contributed by atoms with Crippen molar-refractivity contribution < 1.29 is 13.6 Å². The van der Waals surface area contributed by atoms with E-state index in [1.54, 1.807) is 13.3 Å². The van der Waals surface area contributed by atoms with E-state index in [1.165, 1.54) is 18.3 Å². The van der Waals surface area contributed by atoms with Gasteiger partial charge >= 0.3 is 0 Å². The Hall–Kier alpha value is -5.63. The summed E-state index contributed by atoms with van der Waals surface area (Å²) in [7, 11) is 1.80. The molecule has 0 atom stereocenters. The highest BCUT2D eigenvalue weighted by Crippen LogP contribution is 2.20. The van der Waals surface area contributed by atoms with Gasteiger partial charge in [-0.2, -0.15) is 5.26 Å². The zero-order valence-electron chi connectivity index (χ0n) is 25.5. The number of rotatable bonds is 14. The first-order valence-corrected chi connectivity index (χ1v) is 14.2. The smallest absolute Gasteiger partial charge is 0.278 e. The second-order valence-corrected chi connectivity index (χ2v) is 9.71. The van der Waals surface area contributed by atoms with Crippen LogP contribution in [-0.2, 0) is 13.2 Å². The highest BCUT2D eigenvalue weighted by molar-refractivity contribution is 6.01. The van der Waals surface area contributed by atoms with Crippen molar-refractivity contribution in [3.05, 3.63) is 124 Å². The Kier molecular flexibility index (Phi) is 12.7. The number of carbonyl (C=O) groups excluding carboxylic acids is 1. The first-order valence-electron chi connectivity index (χ1n) is 14.2. The maximum absolute atomic E-state index is 13.7. The molecule has 0 fully saturated rings. The number of hydrogen-bond donors (Lipinski definition) is 4. The SMILES string of the molecule is C=C(NC(=O)c1nc(C#N)cnc1NCc1ccc(/C=C/C(C(/N)=C/CCC)=C(\N=CC)NC)cc1)c1ccc(F)c(CF)c1. The number of aliphatic imine (C=N–C) groups is 1. The third-order valence-electron chi connectivity index (χ3n) is 6.50. The molecular weight excluding hydrogens is 574 g/mol. The summed E-state index contributed by atoms with van der Waals surface area (Å²) >= 11 is 0. The topological polar surface area (TPSA) is 141 Å². The summed E-state index contributed by atoms with van der Waals surface area (Å²) in [4.78, 5) is 25.9. The Bertz CT molecular complexity index is 1690. The molecule has 0 unspecified atom stereocenters. The van der Waals surface area contributed by atoms with Crippen LogP contribution in [0.15, 0.2) is 89.5 Å². The molecule has 0 aliphatic heterocycles. The van der Waals surface area contributed by atoms with Crippen LogP contribution in [-0.4, -0.2) is 29.1 Å². The summed E-state index contributed by atoms with van der Waals surface area (Å²) in [5, 5.41) is 18.1. The predicted molar refractivity (Wildman–Crippen MR) is 175 cm³/mol. The molecule has 3 rings (SSSR count). The summed E-state index contributed by atoms with van der Waals surface area (Å²) in [5.41, 5.74) is 9.69. The maximum atomic E-state index is 13.7. The van der Waals surface area contributed by atoms with Gasteiger partial charge in [-0.15, -0.1) is 0 Å². The number of alkyl halides is 1. The minimum absolute atomic E-state index is 0.0568. The predicted octanol–water partition coefficient (Wildman–Crippen LogP) is 6.15. The largest absolute Gasteiger partial charge is 0.398 e. The van der Waals surface area contributed by atoms with E-state index >= 15 is 0 Å². The van der Waals surface area contributed by atoms with E-state index in [4.69, 9.17) is 5.73 Å². The lowest BCUT2D eigenvalue weighted by Crippen LogP contribution is -2.25. The van der Waals surface area contributed by atoms with Gasteiger partial charge < -0.3 is 21.7 Å². The molecule has 0 bridgehead atoms. The molecule has 2 aromatic carbocycles. The van der Waals surface area contributed by atoms with Crippen molar-refractivity contribution >= 4 is 29.7 Å². The van der Waals surface area contributed by atoms with Crippen molar-refractivity contribution in [2.24, 2.45) is 10.7 Å². The summed E-state index contributed by atoms with van der Waals surface area (Å²) < 4.78 is 26.8. The van der Waals surface area contributed by atoms with Crippen molar-refractivity contribution in [3.63, 3.8) is 0 Å². The standard InChI is InChI=1S/C34H36F2N8O/c1-5-7-8-30(38)28(32(39-4)40-6-2)15-13-23-9-11-24(12-10-23)20-41-33-31(44-27(19-37)21-42-33)34(45)43-22(3)25-14-16-29(36)26(17-25)18-35/h6,8-17,21,39H,3,5,7,18,20,38H2,1-2,4H3,(H,41,42)(H,43,45)/b15-13+,30-8-,32-28+,40-6?. The third-order valence-corrected chi connectivity index (χ3v) is 6.50. The number of carbonyl (C=O) groups is 1. The molecule has 9 nitrogen and oxygen atoms in total. The lowest BCUT2D eigenvalue weighted by molar-refractivity contribution is 0.0969. The molecule has 1 amide bonds. The quantitative estimate of drug-likeness (QED) is 0.127. The van der Waals surface area contributed by atoms with Crippen LogP contribution in [0.1, 0.15) is 65.1 Å². The maximum Gasteiger partial charge on any atom is 0.278 e. The number of amides is 1. The van der Waals surface area contributed by atoms with Crippen molar-refractivity contribution in [1.29, 1.82) is 5.26 Å². The molecule has 0 saturated carbocycles. The molecule has 0 aliphatic carbocycles. The number of benzene rings is 2. The number of allylic oxidation sites excluding steroid dienone is 2. The zero-order chi connectivity index (χ0) is 32.8. The lowest BCUT2D eigenvalue weighted by Gasteiger charge is -2.13. The molecule has 1 aromatic heterocycles. The molecule has 45 heavy (non-hydrogen) atoms. The van der Waals surface area contributed by atoms with Gasteiger partial charge in [0.05, 0.1) is 6.20 Å². The van der Waals surface area contributed by atoms with Gasteiger partial charge in [-0.05, 0) is 54.3 Å². The minimum atomic E-state index is -1.00. The number of aromatic nitrogens is 2. The molecule has 0 radical (unpaired) electrons. The van der Waals surface area contributed by atoms with Crippen molar-refractivity contribution in [1.82, 2.24) is 20.6 Å². The Morgan fingerprint density at radius 1 is 1.22 bits per heavy atom. The fourth-order valence-electron chi connectivity index (χ4n) is 4.10. The fraction of sp³-hybridized carbons (Fsp3) is 0.206. The highest BCUT2D eigenvalue weighted by Gasteiger charge is 2.18. The molecule has 0 aliphatic rings. The molecule has 11 heteroatoms. The number of nitriles is 1. The molecule has 1 heterocycles. The van der Waals surface area contributed by atoms with Gasteiger partial charge in [-0.25, -0.2) is 23.7 Å². The van der Waals surface area contributed by atoms with E-state index in [0.29, 0.717) is 23.6 Å². The molecule has 5 N–H and O–H groups in total. The third kappa shape index (κ3) is 9.43. The summed E-state index contributed by atoms with van der Waals surface area (Å²) in [6.45, 7) is 7.03. The molecule has 0 saturated heterocycles. The van der Waals surface area contributed by atoms with Crippen LogP contribution >= 0.6 is 0 Å². The second kappa shape index (κ2) is 16.9. The Balaban J connectivity index is 1.77. The van der Waals surface area contributed by atoms with E-state index in [1.807, 2.05) is 55.5 Å². The second-order valence-electron chi connectivity index (χ2n) is 9.71. The average molecular weight is 611 g/mol. The molecule has 232 valence electrons. The monoisotopic (exact) mass is 610 g/mol. The van der Waals surface area contributed by atoms with E-state index in [-0.39, 0.29) is 28.5 Å². The Labute approximate surface area is 262 Å². The summed E-state index contributed by atoms with van der Waals surface area (Å²) in [6, 6.07) is 13.3. The number of nitrogens with one attached hydrogen (secondary N) is 3. The van der Waals surface area contributed by atoms with Gasteiger partial charge in [-0.1, -0.05) is 56.3 Å². The first-order chi connectivity index (χ1) is 21.7. The summed E-state index contributed by atoms with van der Waals surface area (Å²) in [6.07, 6.45) is 10.6. The van der Waals surface area contributed by atoms with Crippen LogP contribution in [0.25, 0.3) is 11.8 Å². The molecule has 3 aromatic rings. The van der Waals surface area contributed by atoms with Gasteiger partial charge in [0.1, 0.15) is 24.4 Å². The Morgan fingerprint density at radius 2 is 1.98 bits per heavy atom. The van der Waals surface area contributed by atoms with Gasteiger partial charge in [0.15, 0.2) is 17.2 Å². The number of hydrogen-bond acceptors (Lipinski definition) is 8. The number of unbranched alkanes of at least 4 members (excludes halogenated alkanes) is 1. The number of anilines is 1. The van der Waals surface area contributed by atoms with Gasteiger partial charge in [0.25, 0.3) is 5.91 Å². The van der Waals surface area contributed by atoms with E-state index in [9.17, 15) is 18.8 Å². The molecular formula is C34H36F2N8O. The normalized spacial score (nSPS) is 12.1. The fourth-order valence-corrected chi connectivity index (χ4v) is 4.10. The van der Waals surface area contributed by atoms with Gasteiger partial charge in [-0.3, -0.25) is 4.79 Å². The van der Waals surface area contributed by atoms with Crippen LogP contribution in [0.5, 0.6) is 0 Å². The minimum Gasteiger partial charge on any atom is -0.398 e. The van der Waals surface area contributed by atoms with E-state index in [0.717, 1.165) is 35.6 Å². The van der Waals surface area contributed by atoms with Crippen molar-refractivity contribution in [3.8, 4) is 6.07 Å². The van der Waals surface area contributed by atoms with Crippen LogP contribution in [0.3, 0.4) is 0 Å². The first kappa shape index (κ1) is 33.9. The summed E-state index contributed by atoms with van der Waals surface area (Å²) in [5.74, 6) is -0.581. The van der Waals surface area contributed by atoms with Gasteiger partial charge in [0.2, 0.25) is 0 Å². The number of halogens is 2. The highest BCUT2D eigenvalue weighted by atomic mass is 19.1. The van der Waals surface area contributed by atoms with Gasteiger partial charge in [0, 0.05) is 42.3 Å². The number of nitrogens with two attached hydrogens (primary N) is 1. The van der Waals surface area contributed by atoms with Crippen molar-refractivity contribution in [2.75, 3.05) is 12.4 Å². The average Bonchev–Trinajstić information content (AvgIpc) is 3.06. The zero-order valence-corrected chi connectivity index (χ0v) is 25.5. The number of nitrogens with zero attached hydrogens (tertiary/aromatic N) is 4. The van der Waals surface area contributed by atoms with E-state index < -0.39 is 18.4 Å². The van der Waals surface area contributed by atoms with Crippen LogP contribution < -0.4 is 21.7 Å². The lowest BCUT2D eigenvalue weighted by atomic mass is 10.1. The Morgan fingerprint density at radius 3 is 2.62 bits per heavy atom.